The van der Waals surface area contributed by atoms with Crippen molar-refractivity contribution in [3.63, 3.8) is 0 Å². The van der Waals surface area contributed by atoms with Crippen molar-refractivity contribution in [2.75, 3.05) is 0 Å². The van der Waals surface area contributed by atoms with Crippen LogP contribution in [0.5, 0.6) is 0 Å². The highest BCUT2D eigenvalue weighted by Crippen LogP contribution is 2.40. The van der Waals surface area contributed by atoms with Gasteiger partial charge in [0.2, 0.25) is 0 Å². The number of fused-ring (bicyclic) bond motifs is 3. The predicted molar refractivity (Wildman–Crippen MR) is 323 cm³/mol. The van der Waals surface area contributed by atoms with E-state index < -0.39 is 0 Å². The van der Waals surface area contributed by atoms with E-state index >= 15 is 0 Å². The summed E-state index contributed by atoms with van der Waals surface area (Å²) in [5.41, 5.74) is 30.3. The summed E-state index contributed by atoms with van der Waals surface area (Å²) in [6.07, 6.45) is 0. The van der Waals surface area contributed by atoms with Crippen LogP contribution >= 0.6 is 0 Å². The molecule has 0 atom stereocenters. The van der Waals surface area contributed by atoms with Gasteiger partial charge in [0.25, 0.3) is 0 Å². The predicted octanol–water partition coefficient (Wildman–Crippen LogP) is 18.4. The Labute approximate surface area is 454 Å². The summed E-state index contributed by atoms with van der Waals surface area (Å²) in [5, 5.41) is 0. The van der Waals surface area contributed by atoms with E-state index in [9.17, 15) is 0 Å². The van der Waals surface area contributed by atoms with Gasteiger partial charge in [0, 0.05) is 33.4 Å². The summed E-state index contributed by atoms with van der Waals surface area (Å²) in [6, 6.07) is 77.3. The van der Waals surface area contributed by atoms with E-state index in [1.54, 1.807) is 0 Å². The molecule has 0 N–H and O–H groups in total. The maximum atomic E-state index is 5.30. The minimum absolute atomic E-state index is 0.853. The van der Waals surface area contributed by atoms with Gasteiger partial charge in [0.15, 0.2) is 0 Å². The third-order valence-electron chi connectivity index (χ3n) is 15.4. The molecule has 6 heteroatoms. The first-order chi connectivity index (χ1) is 38.1. The van der Waals surface area contributed by atoms with Crippen LogP contribution in [0.15, 0.2) is 218 Å². The van der Waals surface area contributed by atoms with Gasteiger partial charge < -0.3 is 0 Å². The molecular formula is C72H54N6. The molecule has 3 heterocycles. The largest absolute Gasteiger partial charge is 0.244 e. The van der Waals surface area contributed by atoms with Crippen LogP contribution < -0.4 is 0 Å². The number of nitrogens with zero attached hydrogens (tertiary/aromatic N) is 6. The van der Waals surface area contributed by atoms with Crippen molar-refractivity contribution in [3.05, 3.63) is 252 Å². The molecule has 13 aromatic rings. The molecular weight excluding hydrogens is 949 g/mol. The molecule has 13 rings (SSSR count). The molecule has 0 spiro atoms. The van der Waals surface area contributed by atoms with Gasteiger partial charge >= 0.3 is 0 Å². The number of rotatable bonds is 9. The Morgan fingerprint density at radius 3 is 0.526 bits per heavy atom. The Bertz CT molecular complexity index is 3970. The summed E-state index contributed by atoms with van der Waals surface area (Å²) in [4.78, 5) is 31.6. The molecule has 0 fully saturated rings. The smallest absolute Gasteiger partial charge is 0.0973 e. The van der Waals surface area contributed by atoms with Gasteiger partial charge in [-0.15, -0.1) is 0 Å². The lowest BCUT2D eigenvalue weighted by atomic mass is 9.91. The number of hydrogen-bond acceptors (Lipinski definition) is 6. The summed E-state index contributed by atoms with van der Waals surface area (Å²) in [5.74, 6) is 0. The summed E-state index contributed by atoms with van der Waals surface area (Å²) >= 11 is 0. The van der Waals surface area contributed by atoms with Gasteiger partial charge in [0.05, 0.1) is 67.3 Å². The van der Waals surface area contributed by atoms with Crippen LogP contribution in [0, 0.1) is 41.5 Å². The summed E-state index contributed by atoms with van der Waals surface area (Å²) in [7, 11) is 0. The first-order valence-corrected chi connectivity index (χ1v) is 26.6. The molecule has 0 aliphatic heterocycles. The van der Waals surface area contributed by atoms with Crippen LogP contribution in [0.2, 0.25) is 0 Å². The highest BCUT2D eigenvalue weighted by atomic mass is 14.8. The Morgan fingerprint density at radius 1 is 0.167 bits per heavy atom. The Hall–Kier alpha value is -9.78. The molecule has 0 aliphatic carbocycles. The van der Waals surface area contributed by atoms with Gasteiger partial charge in [0.1, 0.15) is 0 Å². The van der Waals surface area contributed by atoms with E-state index in [2.05, 4.69) is 242 Å². The Balaban J connectivity index is 0.928. The van der Waals surface area contributed by atoms with Gasteiger partial charge in [-0.2, -0.15) is 0 Å². The molecule has 0 radical (unpaired) electrons. The third-order valence-corrected chi connectivity index (χ3v) is 15.4. The molecule has 0 saturated carbocycles. The SMILES string of the molecule is Cc1cc2nc(-c3ccccc3)c(-c3ccc(-c4cc(-c5ccc(-c6nc7cc(C)c(C)cc7nc6-c6ccccc6)cc5)cc(-c5ccc(-c6nc7cc(C)c(C)cc7nc6-c6ccccc6)cc5)c4)cc3)nc2cc1C. The number of aromatic nitrogens is 6. The molecule has 78 heavy (non-hydrogen) atoms. The normalized spacial score (nSPS) is 11.5. The molecule has 0 unspecified atom stereocenters. The molecule has 0 saturated heterocycles. The number of hydrogen-bond donors (Lipinski definition) is 0. The number of benzene rings is 10. The minimum atomic E-state index is 0.853. The van der Waals surface area contributed by atoms with E-state index in [1.807, 2.05) is 18.2 Å². The zero-order valence-corrected chi connectivity index (χ0v) is 44.5. The maximum absolute atomic E-state index is 5.30. The van der Waals surface area contributed by atoms with Crippen molar-refractivity contribution in [2.24, 2.45) is 0 Å². The molecule has 372 valence electrons. The third kappa shape index (κ3) is 9.07. The van der Waals surface area contributed by atoms with Crippen LogP contribution in [0.1, 0.15) is 33.4 Å². The Morgan fingerprint density at radius 2 is 0.333 bits per heavy atom. The fourth-order valence-electron chi connectivity index (χ4n) is 10.5. The van der Waals surface area contributed by atoms with E-state index in [-0.39, 0.29) is 0 Å². The molecule has 0 amide bonds. The molecule has 0 aliphatic rings. The first kappa shape index (κ1) is 47.9. The van der Waals surface area contributed by atoms with E-state index in [1.165, 1.54) is 33.4 Å². The first-order valence-electron chi connectivity index (χ1n) is 26.6. The van der Waals surface area contributed by atoms with Crippen molar-refractivity contribution in [1.29, 1.82) is 0 Å². The van der Waals surface area contributed by atoms with Gasteiger partial charge in [-0.1, -0.05) is 164 Å². The molecule has 0 bridgehead atoms. The summed E-state index contributed by atoms with van der Waals surface area (Å²) < 4.78 is 0. The van der Waals surface area contributed by atoms with Crippen LogP contribution in [-0.4, -0.2) is 29.9 Å². The standard InChI is InChI=1S/C72H54N6/c1-43-34-61-64(37-46(43)4)76-70(67(73-61)52-16-10-7-11-17-52)55-28-22-49(23-29-55)58-40-59(50-24-30-56(31-25-50)71-68(53-18-12-8-13-19-53)74-62-35-44(2)47(5)38-65(62)77-71)42-60(41-58)51-26-32-57(33-27-51)72-69(54-20-14-9-15-21-54)75-63-36-45(3)48(6)39-66(63)78-72/h7-42H,1-6H3. The van der Waals surface area contributed by atoms with Crippen molar-refractivity contribution < 1.29 is 0 Å². The molecule has 6 nitrogen and oxygen atoms in total. The monoisotopic (exact) mass is 1000 g/mol. The fourth-order valence-corrected chi connectivity index (χ4v) is 10.5. The molecule has 3 aromatic heterocycles. The van der Waals surface area contributed by atoms with E-state index in [0.717, 1.165) is 134 Å². The van der Waals surface area contributed by atoms with Gasteiger partial charge in [-0.3, -0.25) is 0 Å². The van der Waals surface area contributed by atoms with Crippen LogP contribution in [0.3, 0.4) is 0 Å². The number of aryl methyl sites for hydroxylation is 6. The maximum Gasteiger partial charge on any atom is 0.0973 e. The topological polar surface area (TPSA) is 77.3 Å². The lowest BCUT2D eigenvalue weighted by molar-refractivity contribution is 1.26. The second-order valence-corrected chi connectivity index (χ2v) is 20.7. The summed E-state index contributed by atoms with van der Waals surface area (Å²) in [6.45, 7) is 12.8. The minimum Gasteiger partial charge on any atom is -0.244 e. The second-order valence-electron chi connectivity index (χ2n) is 20.7. The van der Waals surface area contributed by atoms with Crippen molar-refractivity contribution in [3.8, 4) is 101 Å². The average Bonchev–Trinajstić information content (AvgIpc) is 3.49. The molecule has 10 aromatic carbocycles. The second kappa shape index (κ2) is 19.7. The van der Waals surface area contributed by atoms with Crippen LogP contribution in [0.4, 0.5) is 0 Å². The van der Waals surface area contributed by atoms with Gasteiger partial charge in [-0.05, 0) is 163 Å². The lowest BCUT2D eigenvalue weighted by Crippen LogP contribution is -1.97. The zero-order valence-electron chi connectivity index (χ0n) is 44.5. The van der Waals surface area contributed by atoms with Crippen molar-refractivity contribution in [2.45, 2.75) is 41.5 Å². The average molecular weight is 1000 g/mol. The van der Waals surface area contributed by atoms with Crippen molar-refractivity contribution in [1.82, 2.24) is 29.9 Å². The Kier molecular flexibility index (Phi) is 12.1. The lowest BCUT2D eigenvalue weighted by Gasteiger charge is -2.15. The van der Waals surface area contributed by atoms with Crippen LogP contribution in [0.25, 0.3) is 134 Å². The highest BCUT2D eigenvalue weighted by molar-refractivity contribution is 5.92. The van der Waals surface area contributed by atoms with Gasteiger partial charge in [-0.25, -0.2) is 29.9 Å². The highest BCUT2D eigenvalue weighted by Gasteiger charge is 2.19. The zero-order chi connectivity index (χ0) is 53.0. The van der Waals surface area contributed by atoms with E-state index in [0.29, 0.717) is 0 Å². The quantitative estimate of drug-likeness (QED) is 0.143. The fraction of sp³-hybridized carbons (Fsp3) is 0.0833. The van der Waals surface area contributed by atoms with Crippen molar-refractivity contribution >= 4 is 33.1 Å². The van der Waals surface area contributed by atoms with E-state index in [4.69, 9.17) is 29.9 Å². The van der Waals surface area contributed by atoms with Crippen LogP contribution in [-0.2, 0) is 0 Å².